The molecule has 134 valence electrons. The van der Waals surface area contributed by atoms with Crippen LogP contribution in [0.1, 0.15) is 16.4 Å². The molecule has 0 radical (unpaired) electrons. The van der Waals surface area contributed by atoms with E-state index in [-0.39, 0.29) is 11.6 Å². The molecule has 1 heterocycles. The predicted octanol–water partition coefficient (Wildman–Crippen LogP) is 2.98. The van der Waals surface area contributed by atoms with Crippen molar-refractivity contribution >= 4 is 11.6 Å². The Kier molecular flexibility index (Phi) is 4.83. The van der Waals surface area contributed by atoms with Gasteiger partial charge in [0, 0.05) is 6.07 Å². The number of benzene rings is 2. The van der Waals surface area contributed by atoms with Crippen LogP contribution in [0.4, 0.5) is 10.1 Å². The van der Waals surface area contributed by atoms with Crippen molar-refractivity contribution in [3.05, 3.63) is 59.9 Å². The molecule has 0 aliphatic heterocycles. The number of carbonyl (C=O) groups is 1. The van der Waals surface area contributed by atoms with Crippen LogP contribution in [-0.4, -0.2) is 34.9 Å². The van der Waals surface area contributed by atoms with Gasteiger partial charge in [-0.3, -0.25) is 4.79 Å². The topological polar surface area (TPSA) is 78.3 Å². The average Bonchev–Trinajstić information content (AvgIpc) is 3.04. The largest absolute Gasteiger partial charge is 0.497 e. The predicted molar refractivity (Wildman–Crippen MR) is 93.6 cm³/mol. The molecule has 1 amide bonds. The quantitative estimate of drug-likeness (QED) is 0.760. The summed E-state index contributed by atoms with van der Waals surface area (Å²) in [6.45, 7) is 1.71. The maximum absolute atomic E-state index is 13.1. The van der Waals surface area contributed by atoms with Crippen LogP contribution >= 0.6 is 0 Å². The van der Waals surface area contributed by atoms with Crippen molar-refractivity contribution in [2.45, 2.75) is 6.92 Å². The molecule has 0 atom stereocenters. The van der Waals surface area contributed by atoms with Crippen molar-refractivity contribution in [1.82, 2.24) is 14.8 Å². The number of aromatic nitrogens is 3. The van der Waals surface area contributed by atoms with Gasteiger partial charge in [0.05, 0.1) is 25.6 Å². The number of hydrogen-bond donors (Lipinski definition) is 1. The highest BCUT2D eigenvalue weighted by Gasteiger charge is 2.17. The number of methoxy groups -OCH3 is 2. The van der Waals surface area contributed by atoms with Crippen LogP contribution < -0.4 is 14.8 Å². The molecule has 0 saturated heterocycles. The van der Waals surface area contributed by atoms with Crippen LogP contribution in [0.3, 0.4) is 0 Å². The summed E-state index contributed by atoms with van der Waals surface area (Å²) in [6, 6.07) is 10.8. The van der Waals surface area contributed by atoms with Gasteiger partial charge < -0.3 is 14.8 Å². The van der Waals surface area contributed by atoms with Gasteiger partial charge in [-0.05, 0) is 43.3 Å². The van der Waals surface area contributed by atoms with Crippen molar-refractivity contribution in [3.63, 3.8) is 0 Å². The summed E-state index contributed by atoms with van der Waals surface area (Å²) in [5, 5.41) is 6.91. The SMILES string of the molecule is COc1ccc(NC(=O)c2nc(C)n(-c3ccc(F)cc3)n2)c(OC)c1. The zero-order valence-electron chi connectivity index (χ0n) is 14.5. The molecule has 7 nitrogen and oxygen atoms in total. The summed E-state index contributed by atoms with van der Waals surface area (Å²) in [4.78, 5) is 16.7. The lowest BCUT2D eigenvalue weighted by Gasteiger charge is -2.10. The number of ether oxygens (including phenoxy) is 2. The van der Waals surface area contributed by atoms with E-state index in [9.17, 15) is 9.18 Å². The molecular weight excluding hydrogens is 339 g/mol. The fourth-order valence-electron chi connectivity index (χ4n) is 2.39. The van der Waals surface area contributed by atoms with Crippen molar-refractivity contribution in [3.8, 4) is 17.2 Å². The third kappa shape index (κ3) is 3.49. The number of hydrogen-bond acceptors (Lipinski definition) is 5. The van der Waals surface area contributed by atoms with E-state index in [2.05, 4.69) is 15.4 Å². The van der Waals surface area contributed by atoms with Gasteiger partial charge in [0.1, 0.15) is 23.1 Å². The minimum atomic E-state index is -0.488. The Balaban J connectivity index is 1.85. The molecule has 1 N–H and O–H groups in total. The molecule has 0 aliphatic rings. The third-order valence-corrected chi connectivity index (χ3v) is 3.70. The molecule has 3 aromatic rings. The summed E-state index contributed by atoms with van der Waals surface area (Å²) >= 11 is 0. The summed E-state index contributed by atoms with van der Waals surface area (Å²) in [5.41, 5.74) is 1.08. The summed E-state index contributed by atoms with van der Waals surface area (Å²) in [6.07, 6.45) is 0. The van der Waals surface area contributed by atoms with Crippen molar-refractivity contribution in [2.24, 2.45) is 0 Å². The van der Waals surface area contributed by atoms with Gasteiger partial charge in [-0.15, -0.1) is 5.10 Å². The lowest BCUT2D eigenvalue weighted by atomic mass is 10.2. The highest BCUT2D eigenvalue weighted by atomic mass is 19.1. The van der Waals surface area contributed by atoms with Gasteiger partial charge >= 0.3 is 0 Å². The first-order chi connectivity index (χ1) is 12.5. The molecule has 26 heavy (non-hydrogen) atoms. The first-order valence-corrected chi connectivity index (χ1v) is 7.75. The number of amides is 1. The molecule has 2 aromatic carbocycles. The number of carbonyl (C=O) groups excluding carboxylic acids is 1. The van der Waals surface area contributed by atoms with E-state index >= 15 is 0 Å². The standard InChI is InChI=1S/C18H17FN4O3/c1-11-20-17(22-23(11)13-6-4-12(19)5-7-13)18(24)21-15-9-8-14(25-2)10-16(15)26-3/h4-10H,1-3H3,(H,21,24). The monoisotopic (exact) mass is 356 g/mol. The molecule has 0 spiro atoms. The Bertz CT molecular complexity index is 938. The molecule has 1 aromatic heterocycles. The molecule has 0 unspecified atom stereocenters. The second-order valence-electron chi connectivity index (χ2n) is 5.39. The van der Waals surface area contributed by atoms with Crippen molar-refractivity contribution < 1.29 is 18.7 Å². The first kappa shape index (κ1) is 17.4. The van der Waals surface area contributed by atoms with Crippen molar-refractivity contribution in [2.75, 3.05) is 19.5 Å². The van der Waals surface area contributed by atoms with E-state index in [1.54, 1.807) is 44.4 Å². The van der Waals surface area contributed by atoms with E-state index in [0.29, 0.717) is 28.7 Å². The van der Waals surface area contributed by atoms with Gasteiger partial charge in [0.15, 0.2) is 0 Å². The minimum absolute atomic E-state index is 0.00954. The molecule has 0 bridgehead atoms. The number of halogens is 1. The lowest BCUT2D eigenvalue weighted by molar-refractivity contribution is 0.101. The second-order valence-corrected chi connectivity index (χ2v) is 5.39. The normalized spacial score (nSPS) is 10.5. The molecule has 3 rings (SSSR count). The molecular formula is C18H17FN4O3. The van der Waals surface area contributed by atoms with Gasteiger partial charge in [-0.25, -0.2) is 14.1 Å². The smallest absolute Gasteiger partial charge is 0.295 e. The average molecular weight is 356 g/mol. The number of anilines is 1. The van der Waals surface area contributed by atoms with Crippen LogP contribution in [0.15, 0.2) is 42.5 Å². The Morgan fingerprint density at radius 1 is 1.12 bits per heavy atom. The number of aryl methyl sites for hydroxylation is 1. The molecule has 0 fully saturated rings. The Labute approximate surface area is 149 Å². The highest BCUT2D eigenvalue weighted by Crippen LogP contribution is 2.29. The number of nitrogens with one attached hydrogen (secondary N) is 1. The number of rotatable bonds is 5. The van der Waals surface area contributed by atoms with Crippen LogP contribution in [0, 0.1) is 12.7 Å². The lowest BCUT2D eigenvalue weighted by Crippen LogP contribution is -2.15. The fraction of sp³-hybridized carbons (Fsp3) is 0.167. The van der Waals surface area contributed by atoms with Gasteiger partial charge in [-0.1, -0.05) is 0 Å². The zero-order valence-corrected chi connectivity index (χ0v) is 14.5. The van der Waals surface area contributed by atoms with Crippen LogP contribution in [0.25, 0.3) is 5.69 Å². The number of nitrogens with zero attached hydrogens (tertiary/aromatic N) is 3. The van der Waals surface area contributed by atoms with Gasteiger partial charge in [0.25, 0.3) is 5.91 Å². The maximum atomic E-state index is 13.1. The zero-order chi connectivity index (χ0) is 18.7. The van der Waals surface area contributed by atoms with Crippen LogP contribution in [-0.2, 0) is 0 Å². The second kappa shape index (κ2) is 7.22. The Morgan fingerprint density at radius 3 is 2.50 bits per heavy atom. The van der Waals surface area contributed by atoms with Crippen molar-refractivity contribution in [1.29, 1.82) is 0 Å². The van der Waals surface area contributed by atoms with Gasteiger partial charge in [0.2, 0.25) is 5.82 Å². The first-order valence-electron chi connectivity index (χ1n) is 7.75. The maximum Gasteiger partial charge on any atom is 0.295 e. The van der Waals surface area contributed by atoms with E-state index in [1.165, 1.54) is 23.9 Å². The van der Waals surface area contributed by atoms with Crippen LogP contribution in [0.5, 0.6) is 11.5 Å². The molecule has 0 aliphatic carbocycles. The summed E-state index contributed by atoms with van der Waals surface area (Å²) in [7, 11) is 3.04. The van der Waals surface area contributed by atoms with E-state index in [1.807, 2.05) is 0 Å². The van der Waals surface area contributed by atoms with E-state index < -0.39 is 5.91 Å². The Hall–Kier alpha value is -3.42. The highest BCUT2D eigenvalue weighted by molar-refractivity contribution is 6.02. The third-order valence-electron chi connectivity index (χ3n) is 3.70. The minimum Gasteiger partial charge on any atom is -0.497 e. The Morgan fingerprint density at radius 2 is 1.85 bits per heavy atom. The van der Waals surface area contributed by atoms with Gasteiger partial charge in [-0.2, -0.15) is 0 Å². The van der Waals surface area contributed by atoms with E-state index in [4.69, 9.17) is 9.47 Å². The van der Waals surface area contributed by atoms with Crippen LogP contribution in [0.2, 0.25) is 0 Å². The molecule has 8 heteroatoms. The summed E-state index contributed by atoms with van der Waals surface area (Å²) in [5.74, 6) is 0.712. The molecule has 0 saturated carbocycles. The van der Waals surface area contributed by atoms with E-state index in [0.717, 1.165) is 0 Å². The fourth-order valence-corrected chi connectivity index (χ4v) is 2.39. The summed E-state index contributed by atoms with van der Waals surface area (Å²) < 4.78 is 24.9.